The molecule has 1 N–H and O–H groups in total. The molecule has 1 heterocycles. The highest BCUT2D eigenvalue weighted by molar-refractivity contribution is 7.98. The van der Waals surface area contributed by atoms with Crippen molar-refractivity contribution in [2.75, 3.05) is 24.7 Å². The molecule has 5 nitrogen and oxygen atoms in total. The second-order valence-electron chi connectivity index (χ2n) is 2.81. The van der Waals surface area contributed by atoms with Crippen molar-refractivity contribution in [1.82, 2.24) is 15.0 Å². The molecule has 1 rings (SSSR count). The number of anilines is 1. The van der Waals surface area contributed by atoms with Gasteiger partial charge < -0.3 is 10.1 Å². The van der Waals surface area contributed by atoms with Crippen LogP contribution in [0.1, 0.15) is 20.3 Å². The lowest BCUT2D eigenvalue weighted by atomic mass is 10.5. The van der Waals surface area contributed by atoms with Gasteiger partial charge in [-0.25, -0.2) is 0 Å². The van der Waals surface area contributed by atoms with Crippen molar-refractivity contribution in [2.45, 2.75) is 25.4 Å². The van der Waals surface area contributed by atoms with Gasteiger partial charge in [0.15, 0.2) is 5.16 Å². The molecule has 0 aliphatic carbocycles. The van der Waals surface area contributed by atoms with E-state index in [1.807, 2.05) is 20.1 Å². The summed E-state index contributed by atoms with van der Waals surface area (Å²) in [5.41, 5.74) is 0. The lowest BCUT2D eigenvalue weighted by Crippen LogP contribution is -2.07. The van der Waals surface area contributed by atoms with Gasteiger partial charge in [0.1, 0.15) is 0 Å². The SMILES string of the molecule is CCCOc1nc(NCC)nc(SC)n1. The molecule has 6 heteroatoms. The largest absolute Gasteiger partial charge is 0.463 e. The minimum atomic E-state index is 0.396. The van der Waals surface area contributed by atoms with Crippen LogP contribution in [0.5, 0.6) is 6.01 Å². The molecule has 1 aromatic rings. The summed E-state index contributed by atoms with van der Waals surface area (Å²) in [5, 5.41) is 3.72. The van der Waals surface area contributed by atoms with Gasteiger partial charge in [-0.3, -0.25) is 0 Å². The van der Waals surface area contributed by atoms with Crippen LogP contribution in [0.2, 0.25) is 0 Å². The molecule has 15 heavy (non-hydrogen) atoms. The molecule has 0 saturated heterocycles. The van der Waals surface area contributed by atoms with Crippen molar-refractivity contribution < 1.29 is 4.74 Å². The molecule has 84 valence electrons. The summed E-state index contributed by atoms with van der Waals surface area (Å²) >= 11 is 1.47. The number of hydrogen-bond donors (Lipinski definition) is 1. The molecule has 1 aromatic heterocycles. The van der Waals surface area contributed by atoms with E-state index in [0.29, 0.717) is 23.7 Å². The van der Waals surface area contributed by atoms with E-state index in [-0.39, 0.29) is 0 Å². The molecule has 0 aromatic carbocycles. The Morgan fingerprint density at radius 2 is 2.07 bits per heavy atom. The number of nitrogens with one attached hydrogen (secondary N) is 1. The van der Waals surface area contributed by atoms with E-state index in [9.17, 15) is 0 Å². The lowest BCUT2D eigenvalue weighted by Gasteiger charge is -2.06. The maximum Gasteiger partial charge on any atom is 0.322 e. The van der Waals surface area contributed by atoms with Crippen LogP contribution in [-0.2, 0) is 0 Å². The summed E-state index contributed by atoms with van der Waals surface area (Å²) in [7, 11) is 0. The van der Waals surface area contributed by atoms with Crippen molar-refractivity contribution in [3.63, 3.8) is 0 Å². The monoisotopic (exact) mass is 228 g/mol. The van der Waals surface area contributed by atoms with Crippen LogP contribution in [0.25, 0.3) is 0 Å². The van der Waals surface area contributed by atoms with Crippen LogP contribution in [0.15, 0.2) is 5.16 Å². The van der Waals surface area contributed by atoms with Crippen molar-refractivity contribution in [3.8, 4) is 6.01 Å². The highest BCUT2D eigenvalue weighted by Crippen LogP contribution is 2.14. The minimum Gasteiger partial charge on any atom is -0.463 e. The zero-order valence-corrected chi connectivity index (χ0v) is 10.1. The zero-order valence-electron chi connectivity index (χ0n) is 9.28. The Morgan fingerprint density at radius 1 is 1.27 bits per heavy atom. The summed E-state index contributed by atoms with van der Waals surface area (Å²) < 4.78 is 5.37. The first-order chi connectivity index (χ1) is 7.30. The summed E-state index contributed by atoms with van der Waals surface area (Å²) in [6.45, 7) is 5.45. The van der Waals surface area contributed by atoms with E-state index in [2.05, 4.69) is 20.3 Å². The van der Waals surface area contributed by atoms with Crippen molar-refractivity contribution in [1.29, 1.82) is 0 Å². The third-order valence-electron chi connectivity index (χ3n) is 1.55. The molecule has 0 fully saturated rings. The number of nitrogens with zero attached hydrogens (tertiary/aromatic N) is 3. The number of aromatic nitrogens is 3. The molecule has 0 aliphatic heterocycles. The predicted molar refractivity (Wildman–Crippen MR) is 61.6 cm³/mol. The molecule has 0 aliphatic rings. The normalized spacial score (nSPS) is 10.1. The van der Waals surface area contributed by atoms with Crippen LogP contribution in [0.4, 0.5) is 5.95 Å². The van der Waals surface area contributed by atoms with Crippen LogP contribution in [0.3, 0.4) is 0 Å². The first-order valence-electron chi connectivity index (χ1n) is 4.96. The summed E-state index contributed by atoms with van der Waals surface area (Å²) in [5.74, 6) is 0.572. The van der Waals surface area contributed by atoms with Crippen LogP contribution in [0, 0.1) is 0 Å². The fraction of sp³-hybridized carbons (Fsp3) is 0.667. The molecule has 0 atom stereocenters. The molecule has 0 saturated carbocycles. The average molecular weight is 228 g/mol. The van der Waals surface area contributed by atoms with E-state index in [1.54, 1.807) is 0 Å². The first-order valence-corrected chi connectivity index (χ1v) is 6.19. The van der Waals surface area contributed by atoms with Crippen molar-refractivity contribution in [3.05, 3.63) is 0 Å². The third-order valence-corrected chi connectivity index (χ3v) is 2.09. The Bertz CT molecular complexity index is 308. The molecule has 0 radical (unpaired) electrons. The molecule has 0 spiro atoms. The van der Waals surface area contributed by atoms with Gasteiger partial charge in [-0.05, 0) is 19.6 Å². The molecule has 0 amide bonds. The Morgan fingerprint density at radius 3 is 2.67 bits per heavy atom. The number of ether oxygens (including phenoxy) is 1. The second kappa shape index (κ2) is 6.44. The van der Waals surface area contributed by atoms with Crippen molar-refractivity contribution in [2.24, 2.45) is 0 Å². The maximum atomic E-state index is 5.37. The average Bonchev–Trinajstić information content (AvgIpc) is 2.26. The van der Waals surface area contributed by atoms with Gasteiger partial charge in [0.25, 0.3) is 0 Å². The smallest absolute Gasteiger partial charge is 0.322 e. The zero-order chi connectivity index (χ0) is 11.1. The Labute approximate surface area is 94.1 Å². The molecule has 0 bridgehead atoms. The van der Waals surface area contributed by atoms with E-state index < -0.39 is 0 Å². The van der Waals surface area contributed by atoms with E-state index in [0.717, 1.165) is 13.0 Å². The summed E-state index contributed by atoms with van der Waals surface area (Å²) in [4.78, 5) is 12.5. The quantitative estimate of drug-likeness (QED) is 0.749. The van der Waals surface area contributed by atoms with E-state index >= 15 is 0 Å². The van der Waals surface area contributed by atoms with Crippen molar-refractivity contribution >= 4 is 17.7 Å². The predicted octanol–water partition coefficient (Wildman–Crippen LogP) is 1.81. The molecular formula is C9H16N4OS. The standard InChI is InChI=1S/C9H16N4OS/c1-4-6-14-8-11-7(10-5-2)12-9(13-8)15-3/h4-6H2,1-3H3,(H,10,11,12,13). The topological polar surface area (TPSA) is 59.9 Å². The Kier molecular flexibility index (Phi) is 5.17. The van der Waals surface area contributed by atoms with Gasteiger partial charge in [-0.15, -0.1) is 0 Å². The van der Waals surface area contributed by atoms with E-state index in [4.69, 9.17) is 4.74 Å². The van der Waals surface area contributed by atoms with Crippen LogP contribution >= 0.6 is 11.8 Å². The van der Waals surface area contributed by atoms with Gasteiger partial charge in [-0.1, -0.05) is 18.7 Å². The van der Waals surface area contributed by atoms with E-state index in [1.165, 1.54) is 11.8 Å². The van der Waals surface area contributed by atoms with Gasteiger partial charge in [0.2, 0.25) is 5.95 Å². The van der Waals surface area contributed by atoms with Gasteiger partial charge >= 0.3 is 6.01 Å². The maximum absolute atomic E-state index is 5.37. The summed E-state index contributed by atoms with van der Waals surface area (Å²) in [6, 6.07) is 0.396. The van der Waals surface area contributed by atoms with Crippen LogP contribution in [-0.4, -0.2) is 34.4 Å². The third kappa shape index (κ3) is 3.91. The number of thioether (sulfide) groups is 1. The number of hydrogen-bond acceptors (Lipinski definition) is 6. The second-order valence-corrected chi connectivity index (χ2v) is 3.58. The van der Waals surface area contributed by atoms with Crippen LogP contribution < -0.4 is 10.1 Å². The Balaban J connectivity index is 2.79. The van der Waals surface area contributed by atoms with Gasteiger partial charge in [-0.2, -0.15) is 15.0 Å². The summed E-state index contributed by atoms with van der Waals surface area (Å²) in [6.07, 6.45) is 2.87. The highest BCUT2D eigenvalue weighted by atomic mass is 32.2. The fourth-order valence-electron chi connectivity index (χ4n) is 0.924. The first kappa shape index (κ1) is 12.0. The Hall–Kier alpha value is -1.04. The number of rotatable bonds is 6. The van der Waals surface area contributed by atoms with Gasteiger partial charge in [0.05, 0.1) is 6.61 Å². The van der Waals surface area contributed by atoms with Gasteiger partial charge in [0, 0.05) is 6.54 Å². The highest BCUT2D eigenvalue weighted by Gasteiger charge is 2.05. The molecule has 0 unspecified atom stereocenters. The fourth-order valence-corrected chi connectivity index (χ4v) is 1.27. The molecular weight excluding hydrogens is 212 g/mol. The lowest BCUT2D eigenvalue weighted by molar-refractivity contribution is 0.288. The minimum absolute atomic E-state index is 0.396.